The Bertz CT molecular complexity index is 1140. The van der Waals surface area contributed by atoms with Gasteiger partial charge in [0.1, 0.15) is 17.3 Å². The maximum absolute atomic E-state index is 13.2. The van der Waals surface area contributed by atoms with Crippen molar-refractivity contribution in [3.8, 4) is 0 Å². The fourth-order valence-electron chi connectivity index (χ4n) is 5.39. The molecule has 1 heterocycles. The van der Waals surface area contributed by atoms with Crippen LogP contribution in [0.5, 0.6) is 0 Å². The predicted octanol–water partition coefficient (Wildman–Crippen LogP) is 6.02. The van der Waals surface area contributed by atoms with Gasteiger partial charge in [-0.2, -0.15) is 0 Å². The molecule has 3 rings (SSSR count). The lowest BCUT2D eigenvalue weighted by molar-refractivity contribution is -0.169. The molecule has 1 atom stereocenters. The summed E-state index contributed by atoms with van der Waals surface area (Å²) in [5, 5.41) is 0. The molecule has 0 radical (unpaired) electrons. The van der Waals surface area contributed by atoms with Crippen molar-refractivity contribution in [2.75, 3.05) is 21.3 Å². The van der Waals surface area contributed by atoms with Crippen molar-refractivity contribution >= 4 is 28.9 Å². The molecule has 7 nitrogen and oxygen atoms in total. The van der Waals surface area contributed by atoms with Crippen molar-refractivity contribution in [1.82, 2.24) is 0 Å². The SMILES string of the molecule is CCCC[C@@H](OC)c1c(C)oc2c1/C(=C(\CCC(C)=O)c1ccccc1)CC(C(=O)OC)(C(=O)OC)C2. The number of unbranched alkanes of at least 4 members (excludes halogenated alkanes) is 1. The second kappa shape index (κ2) is 12.4. The number of rotatable bonds is 11. The van der Waals surface area contributed by atoms with Gasteiger partial charge in [0.05, 0.1) is 20.3 Å². The van der Waals surface area contributed by atoms with Crippen LogP contribution in [0.4, 0.5) is 0 Å². The van der Waals surface area contributed by atoms with Crippen LogP contribution in [0.3, 0.4) is 0 Å². The lowest BCUT2D eigenvalue weighted by Gasteiger charge is -2.34. The zero-order chi connectivity index (χ0) is 27.2. The molecule has 0 amide bonds. The molecule has 1 aromatic heterocycles. The van der Waals surface area contributed by atoms with Crippen LogP contribution in [0.25, 0.3) is 11.1 Å². The molecule has 0 unspecified atom stereocenters. The Morgan fingerprint density at radius 2 is 1.65 bits per heavy atom. The number of methoxy groups -OCH3 is 3. The Kier molecular flexibility index (Phi) is 9.49. The molecule has 37 heavy (non-hydrogen) atoms. The van der Waals surface area contributed by atoms with E-state index in [0.29, 0.717) is 24.4 Å². The van der Waals surface area contributed by atoms with Crippen molar-refractivity contribution < 1.29 is 33.0 Å². The lowest BCUT2D eigenvalue weighted by atomic mass is 9.68. The number of ketones is 1. The molecule has 1 aliphatic rings. The van der Waals surface area contributed by atoms with Crippen molar-refractivity contribution in [1.29, 1.82) is 0 Å². The number of Topliss-reactive ketones (excluding diaryl/α,β-unsaturated/α-hetero) is 1. The average Bonchev–Trinajstić information content (AvgIpc) is 3.23. The van der Waals surface area contributed by atoms with Crippen LogP contribution in [0.1, 0.15) is 86.7 Å². The standard InChI is InChI=1S/C30H38O7/c1-7-8-14-24(34-4)26-20(3)37-25-18-30(28(32)35-5,29(33)36-6)17-23(27(25)26)22(16-15-19(2)31)21-12-10-9-11-13-21/h9-13,24H,7-8,14-18H2,1-6H3/b23-22+/t24-/m1/s1. The van der Waals surface area contributed by atoms with Gasteiger partial charge in [0.2, 0.25) is 0 Å². The van der Waals surface area contributed by atoms with Crippen LogP contribution in [0.2, 0.25) is 0 Å². The Hall–Kier alpha value is -3.19. The highest BCUT2D eigenvalue weighted by Gasteiger charge is 2.54. The molecule has 0 saturated heterocycles. The first kappa shape index (κ1) is 28.4. The van der Waals surface area contributed by atoms with E-state index in [-0.39, 0.29) is 24.7 Å². The maximum Gasteiger partial charge on any atom is 0.324 e. The topological polar surface area (TPSA) is 92.0 Å². The van der Waals surface area contributed by atoms with E-state index in [2.05, 4.69) is 6.92 Å². The molecule has 7 heteroatoms. The van der Waals surface area contributed by atoms with E-state index in [1.165, 1.54) is 14.2 Å². The molecule has 0 aliphatic heterocycles. The predicted molar refractivity (Wildman–Crippen MR) is 141 cm³/mol. The first-order chi connectivity index (χ1) is 17.7. The van der Waals surface area contributed by atoms with Crippen LogP contribution >= 0.6 is 0 Å². The second-order valence-electron chi connectivity index (χ2n) is 9.68. The smallest absolute Gasteiger partial charge is 0.324 e. The molecule has 0 bridgehead atoms. The van der Waals surface area contributed by atoms with E-state index in [9.17, 15) is 14.4 Å². The number of hydrogen-bond acceptors (Lipinski definition) is 7. The Labute approximate surface area is 219 Å². The van der Waals surface area contributed by atoms with Gasteiger partial charge in [0.25, 0.3) is 0 Å². The molecule has 200 valence electrons. The highest BCUT2D eigenvalue weighted by atomic mass is 16.5. The van der Waals surface area contributed by atoms with Gasteiger partial charge in [0, 0.05) is 37.5 Å². The number of carbonyl (C=O) groups excluding carboxylic acids is 3. The molecule has 0 fully saturated rings. The number of aryl methyl sites for hydroxylation is 1. The third-order valence-electron chi connectivity index (χ3n) is 7.24. The number of esters is 2. The van der Waals surface area contributed by atoms with E-state index in [1.54, 1.807) is 14.0 Å². The molecule has 0 N–H and O–H groups in total. The zero-order valence-corrected chi connectivity index (χ0v) is 22.8. The summed E-state index contributed by atoms with van der Waals surface area (Å²) in [4.78, 5) is 38.5. The molecule has 0 spiro atoms. The largest absolute Gasteiger partial charge is 0.468 e. The molecular formula is C30H38O7. The van der Waals surface area contributed by atoms with E-state index in [4.69, 9.17) is 18.6 Å². The quantitative estimate of drug-likeness (QED) is 0.269. The molecule has 0 saturated carbocycles. The fourth-order valence-corrected chi connectivity index (χ4v) is 5.39. The number of furan rings is 1. The summed E-state index contributed by atoms with van der Waals surface area (Å²) < 4.78 is 22.5. The molecule has 1 aliphatic carbocycles. The average molecular weight is 511 g/mol. The van der Waals surface area contributed by atoms with Crippen LogP contribution in [0.15, 0.2) is 34.7 Å². The normalized spacial score (nSPS) is 16.5. The number of fused-ring (bicyclic) bond motifs is 1. The summed E-state index contributed by atoms with van der Waals surface area (Å²) in [6, 6.07) is 9.75. The number of hydrogen-bond donors (Lipinski definition) is 0. The Morgan fingerprint density at radius 3 is 2.19 bits per heavy atom. The van der Waals surface area contributed by atoms with Gasteiger partial charge in [-0.05, 0) is 43.4 Å². The van der Waals surface area contributed by atoms with Crippen molar-refractivity contribution in [2.45, 2.75) is 71.8 Å². The van der Waals surface area contributed by atoms with E-state index < -0.39 is 17.4 Å². The zero-order valence-electron chi connectivity index (χ0n) is 22.8. The number of allylic oxidation sites excluding steroid dienone is 2. The highest BCUT2D eigenvalue weighted by Crippen LogP contribution is 2.51. The van der Waals surface area contributed by atoms with Crippen LogP contribution in [-0.2, 0) is 35.0 Å². The van der Waals surface area contributed by atoms with Gasteiger partial charge in [-0.1, -0.05) is 50.1 Å². The van der Waals surface area contributed by atoms with Crippen LogP contribution in [0, 0.1) is 12.3 Å². The van der Waals surface area contributed by atoms with Crippen molar-refractivity contribution in [2.24, 2.45) is 5.41 Å². The summed E-state index contributed by atoms with van der Waals surface area (Å²) in [5.74, 6) is -0.0781. The molecule has 1 aromatic carbocycles. The number of carbonyl (C=O) groups is 3. The van der Waals surface area contributed by atoms with Crippen LogP contribution in [-0.4, -0.2) is 39.1 Å². The van der Waals surface area contributed by atoms with Gasteiger partial charge >= 0.3 is 11.9 Å². The van der Waals surface area contributed by atoms with Crippen molar-refractivity contribution in [3.63, 3.8) is 0 Å². The Morgan fingerprint density at radius 1 is 1.00 bits per heavy atom. The number of ether oxygens (including phenoxy) is 3. The minimum absolute atomic E-state index is 0.0189. The monoisotopic (exact) mass is 510 g/mol. The third kappa shape index (κ3) is 5.72. The van der Waals surface area contributed by atoms with Gasteiger partial charge in [-0.25, -0.2) is 0 Å². The second-order valence-corrected chi connectivity index (χ2v) is 9.68. The lowest BCUT2D eigenvalue weighted by Crippen LogP contribution is -2.45. The third-order valence-corrected chi connectivity index (χ3v) is 7.24. The molecule has 2 aromatic rings. The van der Waals surface area contributed by atoms with Crippen LogP contribution < -0.4 is 0 Å². The van der Waals surface area contributed by atoms with Gasteiger partial charge < -0.3 is 23.4 Å². The summed E-state index contributed by atoms with van der Waals surface area (Å²) in [6.45, 7) is 5.58. The van der Waals surface area contributed by atoms with Gasteiger partial charge in [0.15, 0.2) is 5.41 Å². The minimum Gasteiger partial charge on any atom is -0.468 e. The Balaban J connectivity index is 2.40. The first-order valence-electron chi connectivity index (χ1n) is 12.8. The molecular weight excluding hydrogens is 472 g/mol. The van der Waals surface area contributed by atoms with E-state index >= 15 is 0 Å². The van der Waals surface area contributed by atoms with Crippen molar-refractivity contribution in [3.05, 3.63) is 58.5 Å². The fraction of sp³-hybridized carbons (Fsp3) is 0.500. The summed E-state index contributed by atoms with van der Waals surface area (Å²) in [7, 11) is 4.22. The van der Waals surface area contributed by atoms with Gasteiger partial charge in [-0.3, -0.25) is 9.59 Å². The summed E-state index contributed by atoms with van der Waals surface area (Å²) >= 11 is 0. The van der Waals surface area contributed by atoms with E-state index in [0.717, 1.165) is 47.1 Å². The number of benzene rings is 1. The van der Waals surface area contributed by atoms with E-state index in [1.807, 2.05) is 37.3 Å². The highest BCUT2D eigenvalue weighted by molar-refractivity contribution is 6.06. The maximum atomic E-state index is 13.2. The first-order valence-corrected chi connectivity index (χ1v) is 12.8. The summed E-state index contributed by atoms with van der Waals surface area (Å²) in [6.07, 6.45) is 3.44. The summed E-state index contributed by atoms with van der Waals surface area (Å²) in [5.41, 5.74) is 2.79. The minimum atomic E-state index is -1.60. The van der Waals surface area contributed by atoms with Gasteiger partial charge in [-0.15, -0.1) is 0 Å².